The van der Waals surface area contributed by atoms with Crippen molar-refractivity contribution >= 4 is 64.0 Å². The predicted molar refractivity (Wildman–Crippen MR) is 106 cm³/mol. The zero-order chi connectivity index (χ0) is 18.7. The molecule has 0 saturated heterocycles. The lowest BCUT2D eigenvalue weighted by molar-refractivity contribution is 0.906. The van der Waals surface area contributed by atoms with Crippen molar-refractivity contribution in [3.63, 3.8) is 0 Å². The molecular formula is C16H10Cl5N5. The van der Waals surface area contributed by atoms with Crippen LogP contribution in [-0.4, -0.2) is 19.9 Å². The van der Waals surface area contributed by atoms with Crippen LogP contribution in [0.1, 0.15) is 11.5 Å². The summed E-state index contributed by atoms with van der Waals surface area (Å²) in [5.74, 6) is 0.486. The zero-order valence-corrected chi connectivity index (χ0v) is 16.7. The van der Waals surface area contributed by atoms with Gasteiger partial charge in [0.2, 0.25) is 9.74 Å². The van der Waals surface area contributed by atoms with Crippen LogP contribution in [0.25, 0.3) is 11.4 Å². The number of halogens is 5. The normalized spacial score (nSPS) is 11.4. The van der Waals surface area contributed by atoms with Crippen molar-refractivity contribution in [3.8, 4) is 11.4 Å². The highest BCUT2D eigenvalue weighted by Crippen LogP contribution is 2.37. The Labute approximate surface area is 174 Å². The van der Waals surface area contributed by atoms with Gasteiger partial charge in [0.25, 0.3) is 0 Å². The van der Waals surface area contributed by atoms with Crippen LogP contribution < -0.4 is 5.32 Å². The lowest BCUT2D eigenvalue weighted by atomic mass is 10.2. The fraction of sp³-hybridized carbons (Fsp3) is 0.125. The lowest BCUT2D eigenvalue weighted by Crippen LogP contribution is -2.13. The maximum atomic E-state index is 6.05. The van der Waals surface area contributed by atoms with Gasteiger partial charge in [0.15, 0.2) is 11.6 Å². The Morgan fingerprint density at radius 2 is 1.65 bits per heavy atom. The van der Waals surface area contributed by atoms with Crippen molar-refractivity contribution in [1.29, 1.82) is 0 Å². The Kier molecular flexibility index (Phi) is 6.05. The van der Waals surface area contributed by atoms with Crippen LogP contribution >= 0.6 is 58.0 Å². The standard InChI is InChI=1S/C16H10Cl5N5/c17-10-5-9(6-11(18)7-10)13-24-14(16(19,20)21)26-15(25-13)23-8-12-3-1-2-4-22-12/h1-7H,8H2,(H,23,24,25,26). The highest BCUT2D eigenvalue weighted by molar-refractivity contribution is 6.66. The van der Waals surface area contributed by atoms with E-state index in [9.17, 15) is 0 Å². The van der Waals surface area contributed by atoms with Crippen LogP contribution in [0.2, 0.25) is 10.0 Å². The summed E-state index contributed by atoms with van der Waals surface area (Å²) in [6.45, 7) is 0.389. The summed E-state index contributed by atoms with van der Waals surface area (Å²) in [4.78, 5) is 17.0. The summed E-state index contributed by atoms with van der Waals surface area (Å²) < 4.78 is -1.82. The third kappa shape index (κ3) is 5.09. The number of nitrogens with zero attached hydrogens (tertiary/aromatic N) is 4. The Hall–Kier alpha value is -1.37. The van der Waals surface area contributed by atoms with Gasteiger partial charge in [0, 0.05) is 21.8 Å². The Bertz CT molecular complexity index is 894. The number of benzene rings is 1. The molecule has 1 aromatic carbocycles. The molecule has 2 heterocycles. The topological polar surface area (TPSA) is 63.6 Å². The molecule has 0 aliphatic rings. The third-order valence-electron chi connectivity index (χ3n) is 3.16. The molecule has 0 spiro atoms. The van der Waals surface area contributed by atoms with Crippen molar-refractivity contribution in [2.24, 2.45) is 0 Å². The summed E-state index contributed by atoms with van der Waals surface area (Å²) in [5.41, 5.74) is 1.37. The van der Waals surface area contributed by atoms with E-state index in [1.54, 1.807) is 24.4 Å². The third-order valence-corrected chi connectivity index (χ3v) is 4.11. The molecule has 0 unspecified atom stereocenters. The first kappa shape index (κ1) is 19.4. The summed E-state index contributed by atoms with van der Waals surface area (Å²) in [6.07, 6.45) is 1.69. The van der Waals surface area contributed by atoms with Gasteiger partial charge in [0.05, 0.1) is 12.2 Å². The van der Waals surface area contributed by atoms with Crippen molar-refractivity contribution in [2.75, 3.05) is 5.32 Å². The van der Waals surface area contributed by atoms with Crippen LogP contribution in [0.3, 0.4) is 0 Å². The SMILES string of the molecule is Clc1cc(Cl)cc(-c2nc(NCc3ccccn3)nc(C(Cl)(Cl)Cl)n2)c1. The number of anilines is 1. The second-order valence-electron chi connectivity index (χ2n) is 5.14. The number of hydrogen-bond donors (Lipinski definition) is 1. The van der Waals surface area contributed by atoms with Gasteiger partial charge in [-0.1, -0.05) is 64.1 Å². The van der Waals surface area contributed by atoms with Crippen LogP contribution in [-0.2, 0) is 10.3 Å². The Balaban J connectivity index is 1.98. The van der Waals surface area contributed by atoms with E-state index in [4.69, 9.17) is 58.0 Å². The molecule has 3 rings (SSSR count). The number of aromatic nitrogens is 4. The summed E-state index contributed by atoms with van der Waals surface area (Å²) in [6, 6.07) is 10.5. The molecule has 0 bridgehead atoms. The largest absolute Gasteiger partial charge is 0.348 e. The minimum Gasteiger partial charge on any atom is -0.348 e. The summed E-state index contributed by atoms with van der Waals surface area (Å²) >= 11 is 30.0. The van der Waals surface area contributed by atoms with E-state index in [0.717, 1.165) is 5.69 Å². The van der Waals surface area contributed by atoms with Gasteiger partial charge in [-0.05, 0) is 30.3 Å². The maximum absolute atomic E-state index is 6.05. The van der Waals surface area contributed by atoms with Gasteiger partial charge in [-0.15, -0.1) is 0 Å². The second-order valence-corrected chi connectivity index (χ2v) is 8.29. The molecule has 2 aromatic heterocycles. The molecule has 0 radical (unpaired) electrons. The lowest BCUT2D eigenvalue weighted by Gasteiger charge is -2.13. The van der Waals surface area contributed by atoms with Gasteiger partial charge in [-0.25, -0.2) is 4.98 Å². The predicted octanol–water partition coefficient (Wildman–Crippen LogP) is 5.68. The molecule has 0 fully saturated rings. The fourth-order valence-corrected chi connectivity index (χ4v) is 2.85. The molecule has 1 N–H and O–H groups in total. The van der Waals surface area contributed by atoms with E-state index < -0.39 is 3.79 Å². The molecule has 3 aromatic rings. The molecule has 5 nitrogen and oxygen atoms in total. The van der Waals surface area contributed by atoms with Crippen molar-refractivity contribution < 1.29 is 0 Å². The Morgan fingerprint density at radius 3 is 2.27 bits per heavy atom. The number of alkyl halides is 3. The molecule has 26 heavy (non-hydrogen) atoms. The number of pyridine rings is 1. The van der Waals surface area contributed by atoms with Gasteiger partial charge < -0.3 is 5.32 Å². The number of rotatable bonds is 4. The number of nitrogens with one attached hydrogen (secondary N) is 1. The average Bonchev–Trinajstić information content (AvgIpc) is 2.59. The van der Waals surface area contributed by atoms with E-state index in [0.29, 0.717) is 22.2 Å². The summed E-state index contributed by atoms with van der Waals surface area (Å²) in [7, 11) is 0. The molecule has 0 atom stereocenters. The smallest absolute Gasteiger partial charge is 0.250 e. The first-order valence-electron chi connectivity index (χ1n) is 7.25. The monoisotopic (exact) mass is 447 g/mol. The molecule has 134 valence electrons. The van der Waals surface area contributed by atoms with Crippen molar-refractivity contribution in [3.05, 3.63) is 64.2 Å². The minimum atomic E-state index is -1.82. The van der Waals surface area contributed by atoms with E-state index in [2.05, 4.69) is 25.3 Å². The number of hydrogen-bond acceptors (Lipinski definition) is 5. The van der Waals surface area contributed by atoms with Gasteiger partial charge in [-0.2, -0.15) is 9.97 Å². The van der Waals surface area contributed by atoms with Crippen molar-refractivity contribution in [1.82, 2.24) is 19.9 Å². The zero-order valence-electron chi connectivity index (χ0n) is 12.9. The average molecular weight is 450 g/mol. The maximum Gasteiger partial charge on any atom is 0.250 e. The minimum absolute atomic E-state index is 0.0212. The molecular weight excluding hydrogens is 439 g/mol. The van der Waals surface area contributed by atoms with E-state index >= 15 is 0 Å². The van der Waals surface area contributed by atoms with Gasteiger partial charge in [0.1, 0.15) is 0 Å². The fourth-order valence-electron chi connectivity index (χ4n) is 2.07. The van der Waals surface area contributed by atoms with Crippen LogP contribution in [0.4, 0.5) is 5.95 Å². The highest BCUT2D eigenvalue weighted by Gasteiger charge is 2.28. The van der Waals surface area contributed by atoms with Gasteiger partial charge >= 0.3 is 0 Å². The first-order chi connectivity index (χ1) is 12.3. The van der Waals surface area contributed by atoms with E-state index in [-0.39, 0.29) is 17.6 Å². The van der Waals surface area contributed by atoms with Gasteiger partial charge in [-0.3, -0.25) is 4.98 Å². The highest BCUT2D eigenvalue weighted by atomic mass is 35.6. The van der Waals surface area contributed by atoms with E-state index in [1.807, 2.05) is 18.2 Å². The first-order valence-corrected chi connectivity index (χ1v) is 9.14. The quantitative estimate of drug-likeness (QED) is 0.519. The Morgan fingerprint density at radius 1 is 0.923 bits per heavy atom. The summed E-state index contributed by atoms with van der Waals surface area (Å²) in [5, 5.41) is 3.92. The van der Waals surface area contributed by atoms with Crippen LogP contribution in [0, 0.1) is 0 Å². The molecule has 10 heteroatoms. The van der Waals surface area contributed by atoms with E-state index in [1.165, 1.54) is 0 Å². The molecule has 0 aliphatic carbocycles. The molecule has 0 saturated carbocycles. The second kappa shape index (κ2) is 8.11. The van der Waals surface area contributed by atoms with Crippen LogP contribution in [0.5, 0.6) is 0 Å². The molecule has 0 aliphatic heterocycles. The van der Waals surface area contributed by atoms with Crippen LogP contribution in [0.15, 0.2) is 42.6 Å². The molecule has 0 amide bonds. The van der Waals surface area contributed by atoms with Crippen molar-refractivity contribution in [2.45, 2.75) is 10.3 Å².